The van der Waals surface area contributed by atoms with E-state index in [1.54, 1.807) is 12.1 Å². The van der Waals surface area contributed by atoms with Crippen LogP contribution in [0.25, 0.3) is 6.08 Å². The molecule has 3 heterocycles. The van der Waals surface area contributed by atoms with Crippen molar-refractivity contribution in [2.75, 3.05) is 26.7 Å². The molecule has 30 heavy (non-hydrogen) atoms. The van der Waals surface area contributed by atoms with E-state index in [-0.39, 0.29) is 23.6 Å². The Bertz CT molecular complexity index is 818. The summed E-state index contributed by atoms with van der Waals surface area (Å²) in [5.41, 5.74) is 3.37. The zero-order valence-electron chi connectivity index (χ0n) is 17.5. The number of hydroxylamine groups is 1. The van der Waals surface area contributed by atoms with Crippen molar-refractivity contribution in [1.82, 2.24) is 10.4 Å². The molecule has 1 aromatic rings. The normalized spacial score (nSPS) is 27.5. The molecule has 2 fully saturated rings. The number of carbonyl (C=O) groups is 2. The number of amides is 1. The van der Waals surface area contributed by atoms with Crippen molar-refractivity contribution in [3.63, 3.8) is 0 Å². The zero-order chi connectivity index (χ0) is 21.0. The van der Waals surface area contributed by atoms with Gasteiger partial charge in [0.1, 0.15) is 11.4 Å². The number of nitrogens with zero attached hydrogens (tertiary/aromatic N) is 1. The van der Waals surface area contributed by atoms with Crippen LogP contribution in [-0.4, -0.2) is 55.2 Å². The van der Waals surface area contributed by atoms with E-state index in [9.17, 15) is 9.59 Å². The van der Waals surface area contributed by atoms with E-state index in [1.807, 2.05) is 12.1 Å². The lowest BCUT2D eigenvalue weighted by Crippen LogP contribution is -2.42. The molecule has 7 heteroatoms. The van der Waals surface area contributed by atoms with E-state index in [0.29, 0.717) is 24.3 Å². The third-order valence-corrected chi connectivity index (χ3v) is 6.09. The topological polar surface area (TPSA) is 77.1 Å². The highest BCUT2D eigenvalue weighted by Gasteiger charge is 2.41. The van der Waals surface area contributed by atoms with Crippen molar-refractivity contribution in [2.45, 2.75) is 56.8 Å². The van der Waals surface area contributed by atoms with Crippen molar-refractivity contribution >= 4 is 17.8 Å². The van der Waals surface area contributed by atoms with Crippen LogP contribution in [0.3, 0.4) is 0 Å². The first-order valence-electron chi connectivity index (χ1n) is 10.8. The number of ketones is 1. The van der Waals surface area contributed by atoms with Crippen molar-refractivity contribution in [2.24, 2.45) is 0 Å². The lowest BCUT2D eigenvalue weighted by Gasteiger charge is -2.37. The van der Waals surface area contributed by atoms with Gasteiger partial charge in [0.15, 0.2) is 12.1 Å². The van der Waals surface area contributed by atoms with Crippen LogP contribution in [0.15, 0.2) is 24.3 Å². The summed E-state index contributed by atoms with van der Waals surface area (Å²) < 4.78 is 11.8. The number of hydrogen-bond acceptors (Lipinski definition) is 6. The minimum absolute atomic E-state index is 0.110. The van der Waals surface area contributed by atoms with Crippen LogP contribution in [0.5, 0.6) is 5.75 Å². The third kappa shape index (κ3) is 5.09. The van der Waals surface area contributed by atoms with E-state index in [1.165, 1.54) is 6.08 Å². The van der Waals surface area contributed by atoms with Gasteiger partial charge >= 0.3 is 0 Å². The number of carbonyl (C=O) groups excluding carboxylic acids is 2. The van der Waals surface area contributed by atoms with Gasteiger partial charge in [0, 0.05) is 32.1 Å². The first-order valence-corrected chi connectivity index (χ1v) is 10.8. The van der Waals surface area contributed by atoms with Gasteiger partial charge in [-0.05, 0) is 63.0 Å². The molecule has 2 atom stereocenters. The number of ether oxygens (including phenoxy) is 2. The van der Waals surface area contributed by atoms with E-state index < -0.39 is 0 Å². The van der Waals surface area contributed by atoms with E-state index >= 15 is 0 Å². The highest BCUT2D eigenvalue weighted by atomic mass is 16.8. The monoisotopic (exact) mass is 414 g/mol. The Morgan fingerprint density at radius 1 is 1.27 bits per heavy atom. The summed E-state index contributed by atoms with van der Waals surface area (Å²) in [6.07, 6.45) is 8.70. The summed E-state index contributed by atoms with van der Waals surface area (Å²) in [4.78, 5) is 32.5. The average Bonchev–Trinajstić information content (AvgIpc) is 2.93. The number of rotatable bonds is 4. The minimum atomic E-state index is -0.384. The molecule has 162 valence electrons. The van der Waals surface area contributed by atoms with Gasteiger partial charge in [0.05, 0.1) is 12.0 Å². The largest absolute Gasteiger partial charge is 0.486 e. The summed E-state index contributed by atoms with van der Waals surface area (Å²) in [6.45, 7) is 2.63. The number of fused-ring (bicyclic) bond motifs is 1. The standard InChI is InChI=1S/C23H30N2O5/c1-25-12-4-10-23(11-13-25)16-19(26)18-15-17(6-8-20(18)29-23)7-9-21(27)24-30-22-5-2-3-14-28-22/h6-9,15,22H,2-5,10-14,16H2,1H3,(H,24,27). The second-order valence-electron chi connectivity index (χ2n) is 8.51. The molecule has 1 amide bonds. The van der Waals surface area contributed by atoms with Crippen LogP contribution in [-0.2, 0) is 14.4 Å². The Morgan fingerprint density at radius 2 is 2.17 bits per heavy atom. The van der Waals surface area contributed by atoms with Gasteiger partial charge in [0.2, 0.25) is 0 Å². The molecule has 0 bridgehead atoms. The van der Waals surface area contributed by atoms with Crippen LogP contribution < -0.4 is 10.2 Å². The molecular formula is C23H30N2O5. The van der Waals surface area contributed by atoms with Gasteiger partial charge in [-0.2, -0.15) is 0 Å². The maximum Gasteiger partial charge on any atom is 0.267 e. The van der Waals surface area contributed by atoms with Crippen LogP contribution in [0, 0.1) is 0 Å². The summed E-state index contributed by atoms with van der Waals surface area (Å²) in [7, 11) is 2.11. The predicted octanol–water partition coefficient (Wildman–Crippen LogP) is 3.09. The lowest BCUT2D eigenvalue weighted by atomic mass is 9.84. The maximum absolute atomic E-state index is 12.9. The van der Waals surface area contributed by atoms with Crippen LogP contribution >= 0.6 is 0 Å². The summed E-state index contributed by atoms with van der Waals surface area (Å²) >= 11 is 0. The minimum Gasteiger partial charge on any atom is -0.486 e. The summed E-state index contributed by atoms with van der Waals surface area (Å²) in [6, 6.07) is 5.50. The molecule has 1 aromatic carbocycles. The number of Topliss-reactive ketones (excluding diaryl/α,β-unsaturated/α-hetero) is 1. The average molecular weight is 415 g/mol. The Labute approximate surface area is 177 Å². The fraction of sp³-hybridized carbons (Fsp3) is 0.565. The van der Waals surface area contributed by atoms with Gasteiger partial charge in [-0.1, -0.05) is 6.07 Å². The Morgan fingerprint density at radius 3 is 3.00 bits per heavy atom. The van der Waals surface area contributed by atoms with Crippen LogP contribution in [0.2, 0.25) is 0 Å². The van der Waals surface area contributed by atoms with Crippen molar-refractivity contribution < 1.29 is 23.9 Å². The van der Waals surface area contributed by atoms with Gasteiger partial charge in [-0.15, -0.1) is 0 Å². The molecule has 1 spiro atoms. The highest BCUT2D eigenvalue weighted by Crippen LogP contribution is 2.39. The van der Waals surface area contributed by atoms with Gasteiger partial charge < -0.3 is 14.4 Å². The molecule has 4 rings (SSSR count). The SMILES string of the molecule is CN1CCCC2(CC1)CC(=O)c1cc(C=CC(=O)NOC3CCCCO3)ccc1O2. The number of benzene rings is 1. The van der Waals surface area contributed by atoms with Crippen molar-refractivity contribution in [3.05, 3.63) is 35.4 Å². The van der Waals surface area contributed by atoms with Crippen LogP contribution in [0.1, 0.15) is 60.9 Å². The van der Waals surface area contributed by atoms with E-state index in [0.717, 1.165) is 57.2 Å². The lowest BCUT2D eigenvalue weighted by molar-refractivity contribution is -0.198. The molecule has 2 saturated heterocycles. The zero-order valence-corrected chi connectivity index (χ0v) is 17.5. The molecule has 7 nitrogen and oxygen atoms in total. The predicted molar refractivity (Wildman–Crippen MR) is 112 cm³/mol. The molecule has 1 N–H and O–H groups in total. The molecule has 0 radical (unpaired) electrons. The molecule has 0 saturated carbocycles. The first kappa shape index (κ1) is 21.0. The number of likely N-dealkylation sites (tertiary alicyclic amines) is 1. The molecular weight excluding hydrogens is 384 g/mol. The smallest absolute Gasteiger partial charge is 0.267 e. The summed E-state index contributed by atoms with van der Waals surface area (Å²) in [5.74, 6) is 0.388. The van der Waals surface area contributed by atoms with E-state index in [2.05, 4.69) is 17.4 Å². The third-order valence-electron chi connectivity index (χ3n) is 6.09. The van der Waals surface area contributed by atoms with Crippen molar-refractivity contribution in [3.8, 4) is 5.75 Å². The fourth-order valence-electron chi connectivity index (χ4n) is 4.33. The number of hydrogen-bond donors (Lipinski definition) is 1. The maximum atomic E-state index is 12.9. The van der Waals surface area contributed by atoms with E-state index in [4.69, 9.17) is 14.3 Å². The quantitative estimate of drug-likeness (QED) is 0.603. The van der Waals surface area contributed by atoms with Crippen molar-refractivity contribution in [1.29, 1.82) is 0 Å². The van der Waals surface area contributed by atoms with Gasteiger partial charge in [0.25, 0.3) is 5.91 Å². The highest BCUT2D eigenvalue weighted by molar-refractivity contribution is 6.01. The fourth-order valence-corrected chi connectivity index (χ4v) is 4.33. The second-order valence-corrected chi connectivity index (χ2v) is 8.51. The Hall–Kier alpha value is -2.22. The molecule has 0 aromatic heterocycles. The molecule has 2 unspecified atom stereocenters. The van der Waals surface area contributed by atoms with Gasteiger partial charge in [-0.3, -0.25) is 9.59 Å². The summed E-state index contributed by atoms with van der Waals surface area (Å²) in [5, 5.41) is 0. The molecule has 3 aliphatic rings. The first-order chi connectivity index (χ1) is 14.5. The second kappa shape index (κ2) is 9.29. The Kier molecular flexibility index (Phi) is 6.51. The van der Waals surface area contributed by atoms with Gasteiger partial charge in [-0.25, -0.2) is 10.3 Å². The number of nitrogens with one attached hydrogen (secondary N) is 1. The van der Waals surface area contributed by atoms with Crippen LogP contribution in [0.4, 0.5) is 0 Å². The Balaban J connectivity index is 1.38. The molecule has 3 aliphatic heterocycles. The molecule has 0 aliphatic carbocycles.